The summed E-state index contributed by atoms with van der Waals surface area (Å²) in [5, 5.41) is 31.7. The highest BCUT2D eigenvalue weighted by molar-refractivity contribution is 7.79. The lowest BCUT2D eigenvalue weighted by Crippen LogP contribution is -2.20. The van der Waals surface area contributed by atoms with E-state index in [9.17, 15) is 10.2 Å². The molecule has 5 heteroatoms. The maximum atomic E-state index is 9.53. The van der Waals surface area contributed by atoms with E-state index >= 15 is 0 Å². The van der Waals surface area contributed by atoms with Crippen molar-refractivity contribution in [2.75, 3.05) is 0 Å². The molecule has 4 aromatic carbocycles. The van der Waals surface area contributed by atoms with Crippen LogP contribution in [0, 0.1) is 13.8 Å². The van der Waals surface area contributed by atoms with E-state index in [4.69, 9.17) is 9.84 Å². The van der Waals surface area contributed by atoms with E-state index in [0.29, 0.717) is 5.75 Å². The van der Waals surface area contributed by atoms with Crippen LogP contribution in [0.15, 0.2) is 84.9 Å². The van der Waals surface area contributed by atoms with E-state index in [2.05, 4.69) is 31.2 Å². The molecule has 0 aromatic heterocycles. The van der Waals surface area contributed by atoms with Crippen molar-refractivity contribution in [1.29, 1.82) is 0 Å². The van der Waals surface area contributed by atoms with Gasteiger partial charge in [-0.2, -0.15) is 0 Å². The van der Waals surface area contributed by atoms with Gasteiger partial charge < -0.3 is 20.1 Å². The Bertz CT molecular complexity index is 1070. The standard InChI is InChI=1S/C19H17O2P.C7H6O2/c1-14-2-8-17(9-3-14)22(18-10-4-15(20)5-11-18)19-12-6-16(21)7-13-19;1-4-5(8)2-3-6-7(4)9-6/h2-13,20-21H,1H3;2-3,8H,1H3. The van der Waals surface area contributed by atoms with Gasteiger partial charge in [-0.25, -0.2) is 0 Å². The molecule has 0 aliphatic carbocycles. The summed E-state index contributed by atoms with van der Waals surface area (Å²) >= 11 is 0. The second-order valence-electron chi connectivity index (χ2n) is 7.34. The average Bonchev–Trinajstić information content (AvgIpc) is 3.56. The minimum Gasteiger partial charge on any atom is -0.508 e. The molecule has 0 atom stereocenters. The van der Waals surface area contributed by atoms with Gasteiger partial charge >= 0.3 is 0 Å². The van der Waals surface area contributed by atoms with Gasteiger partial charge in [0.1, 0.15) is 17.2 Å². The van der Waals surface area contributed by atoms with Crippen molar-refractivity contribution in [1.82, 2.24) is 0 Å². The van der Waals surface area contributed by atoms with Crippen LogP contribution in [0.5, 0.6) is 28.7 Å². The molecule has 1 aliphatic heterocycles. The average molecular weight is 430 g/mol. The first kappa shape index (κ1) is 20.8. The third kappa shape index (κ3) is 4.82. The van der Waals surface area contributed by atoms with Crippen molar-refractivity contribution in [2.45, 2.75) is 13.8 Å². The van der Waals surface area contributed by atoms with Gasteiger partial charge in [0.15, 0.2) is 11.5 Å². The van der Waals surface area contributed by atoms with Gasteiger partial charge in [0, 0.05) is 5.56 Å². The highest BCUT2D eigenvalue weighted by Crippen LogP contribution is 2.50. The van der Waals surface area contributed by atoms with E-state index in [1.165, 1.54) is 21.5 Å². The Morgan fingerprint density at radius 3 is 1.48 bits per heavy atom. The van der Waals surface area contributed by atoms with Crippen LogP contribution in [0.4, 0.5) is 0 Å². The third-order valence-corrected chi connectivity index (χ3v) is 7.46. The minimum absolute atomic E-state index is 0.272. The summed E-state index contributed by atoms with van der Waals surface area (Å²) in [7, 11) is -0.705. The molecule has 156 valence electrons. The summed E-state index contributed by atoms with van der Waals surface area (Å²) in [4.78, 5) is 0. The molecule has 0 bridgehead atoms. The Labute approximate surface area is 182 Å². The number of fused-ring (bicyclic) bond motifs is 1. The number of benzene rings is 4. The van der Waals surface area contributed by atoms with Crippen LogP contribution in [-0.2, 0) is 0 Å². The van der Waals surface area contributed by atoms with Gasteiger partial charge in [0.25, 0.3) is 0 Å². The first-order chi connectivity index (χ1) is 14.9. The van der Waals surface area contributed by atoms with Gasteiger partial charge in [-0.1, -0.05) is 54.1 Å². The molecule has 4 aromatic rings. The van der Waals surface area contributed by atoms with Gasteiger partial charge in [0.2, 0.25) is 0 Å². The fraction of sp³-hybridized carbons (Fsp3) is 0.0769. The van der Waals surface area contributed by atoms with Crippen LogP contribution in [0.3, 0.4) is 0 Å². The van der Waals surface area contributed by atoms with Crippen molar-refractivity contribution >= 4 is 23.8 Å². The Morgan fingerprint density at radius 2 is 1.03 bits per heavy atom. The van der Waals surface area contributed by atoms with E-state index in [1.807, 2.05) is 31.2 Å². The number of aromatic hydroxyl groups is 3. The molecule has 0 amide bonds. The predicted molar refractivity (Wildman–Crippen MR) is 126 cm³/mol. The monoisotopic (exact) mass is 430 g/mol. The van der Waals surface area contributed by atoms with Crippen LogP contribution in [0.25, 0.3) is 0 Å². The summed E-state index contributed by atoms with van der Waals surface area (Å²) in [5.41, 5.74) is 2.07. The number of ether oxygens (including phenoxy) is 1. The highest BCUT2D eigenvalue weighted by Gasteiger charge is 2.23. The molecular formula is C26H23O4P. The Hall–Kier alpha value is -3.49. The first-order valence-electron chi connectivity index (χ1n) is 9.87. The number of aryl methyl sites for hydroxylation is 1. The van der Waals surface area contributed by atoms with E-state index < -0.39 is 7.92 Å². The Morgan fingerprint density at radius 1 is 0.581 bits per heavy atom. The molecule has 0 saturated heterocycles. The highest BCUT2D eigenvalue weighted by atomic mass is 31.1. The Balaban J connectivity index is 0.000000212. The molecule has 31 heavy (non-hydrogen) atoms. The van der Waals surface area contributed by atoms with Gasteiger partial charge in [0.05, 0.1) is 0 Å². The van der Waals surface area contributed by atoms with Crippen molar-refractivity contribution in [3.05, 3.63) is 96.1 Å². The fourth-order valence-electron chi connectivity index (χ4n) is 3.20. The molecule has 1 aliphatic rings. The third-order valence-electron chi connectivity index (χ3n) is 5.02. The molecule has 0 spiro atoms. The zero-order valence-corrected chi connectivity index (χ0v) is 18.2. The summed E-state index contributed by atoms with van der Waals surface area (Å²) in [5.74, 6) is 2.59. The lowest BCUT2D eigenvalue weighted by atomic mass is 10.2. The van der Waals surface area contributed by atoms with E-state index in [-0.39, 0.29) is 11.5 Å². The number of rotatable bonds is 3. The largest absolute Gasteiger partial charge is 0.508 e. The van der Waals surface area contributed by atoms with Crippen molar-refractivity contribution in [3.63, 3.8) is 0 Å². The SMILES string of the molecule is Cc1c(O)ccc2c1O2.Cc1ccc(P(c2ccc(O)cc2)c2ccc(O)cc2)cc1. The lowest BCUT2D eigenvalue weighted by Gasteiger charge is -2.19. The second kappa shape index (κ2) is 8.71. The zero-order chi connectivity index (χ0) is 22.0. The second-order valence-corrected chi connectivity index (χ2v) is 9.56. The van der Waals surface area contributed by atoms with Gasteiger partial charge in [-0.3, -0.25) is 0 Å². The van der Waals surface area contributed by atoms with Crippen LogP contribution in [0.2, 0.25) is 0 Å². The Kier molecular flexibility index (Phi) is 5.83. The van der Waals surface area contributed by atoms with E-state index in [1.54, 1.807) is 36.4 Å². The molecule has 5 rings (SSSR count). The van der Waals surface area contributed by atoms with E-state index in [0.717, 1.165) is 17.1 Å². The number of phenolic OH excluding ortho intramolecular Hbond substituents is 3. The number of hydrogen-bond acceptors (Lipinski definition) is 4. The number of phenols is 3. The van der Waals surface area contributed by atoms with Crippen LogP contribution in [0.1, 0.15) is 11.1 Å². The maximum absolute atomic E-state index is 9.53. The maximum Gasteiger partial charge on any atom is 0.176 e. The summed E-state index contributed by atoms with van der Waals surface area (Å²) in [6, 6.07) is 26.7. The van der Waals surface area contributed by atoms with Crippen LogP contribution < -0.4 is 20.7 Å². The molecule has 4 nitrogen and oxygen atoms in total. The summed E-state index contributed by atoms with van der Waals surface area (Å²) < 4.78 is 4.99. The fourth-order valence-corrected chi connectivity index (χ4v) is 5.43. The molecule has 0 unspecified atom stereocenters. The van der Waals surface area contributed by atoms with Crippen molar-refractivity contribution in [3.8, 4) is 28.7 Å². The quantitative estimate of drug-likeness (QED) is 0.279. The van der Waals surface area contributed by atoms with Gasteiger partial charge in [-0.05, 0) is 74.1 Å². The minimum atomic E-state index is -0.705. The summed E-state index contributed by atoms with van der Waals surface area (Å²) in [6.45, 7) is 3.91. The first-order valence-corrected chi connectivity index (χ1v) is 11.2. The molecule has 0 radical (unpaired) electrons. The number of hydrogen-bond donors (Lipinski definition) is 3. The molecule has 1 heterocycles. The molecule has 0 saturated carbocycles. The molecule has 0 fully saturated rings. The molecular weight excluding hydrogens is 407 g/mol. The summed E-state index contributed by atoms with van der Waals surface area (Å²) in [6.07, 6.45) is 0. The zero-order valence-electron chi connectivity index (χ0n) is 17.3. The molecule has 3 N–H and O–H groups in total. The lowest BCUT2D eigenvalue weighted by molar-refractivity contribution is 0.470. The van der Waals surface area contributed by atoms with Crippen molar-refractivity contribution < 1.29 is 20.1 Å². The predicted octanol–water partition coefficient (Wildman–Crippen LogP) is 4.97. The van der Waals surface area contributed by atoms with Crippen LogP contribution >= 0.6 is 7.92 Å². The smallest absolute Gasteiger partial charge is 0.176 e. The van der Waals surface area contributed by atoms with Gasteiger partial charge in [-0.15, -0.1) is 0 Å². The van der Waals surface area contributed by atoms with Crippen molar-refractivity contribution in [2.24, 2.45) is 0 Å². The normalized spacial score (nSPS) is 11.2. The topological polar surface area (TPSA) is 73.2 Å². The van der Waals surface area contributed by atoms with Crippen LogP contribution in [-0.4, -0.2) is 15.3 Å².